The van der Waals surface area contributed by atoms with Crippen molar-refractivity contribution < 1.29 is 14.3 Å². The molecule has 5 nitrogen and oxygen atoms in total. The quantitative estimate of drug-likeness (QED) is 0.320. The van der Waals surface area contributed by atoms with Crippen LogP contribution in [0.25, 0.3) is 0 Å². The first-order valence-corrected chi connectivity index (χ1v) is 12.8. The zero-order valence-electron chi connectivity index (χ0n) is 20.8. The molecule has 0 aliphatic heterocycles. The monoisotopic (exact) mass is 526 g/mol. The number of ether oxygens (including phenoxy) is 1. The van der Waals surface area contributed by atoms with Crippen LogP contribution in [0.3, 0.4) is 0 Å². The summed E-state index contributed by atoms with van der Waals surface area (Å²) < 4.78 is 5.99. The second-order valence-corrected chi connectivity index (χ2v) is 9.68. The molecule has 0 spiro atoms. The topological polar surface area (TPSA) is 58.6 Å². The lowest BCUT2D eigenvalue weighted by molar-refractivity contribution is -0.142. The van der Waals surface area contributed by atoms with Gasteiger partial charge in [-0.3, -0.25) is 9.59 Å². The number of nitrogens with one attached hydrogen (secondary N) is 1. The van der Waals surface area contributed by atoms with Crippen LogP contribution in [0.2, 0.25) is 10.0 Å². The summed E-state index contributed by atoms with van der Waals surface area (Å²) in [5.74, 6) is 0.346. The maximum Gasteiger partial charge on any atom is 0.261 e. The zero-order chi connectivity index (χ0) is 26.1. The summed E-state index contributed by atoms with van der Waals surface area (Å²) in [6.45, 7) is 6.38. The molecule has 0 bridgehead atoms. The Kier molecular flexibility index (Phi) is 10.2. The normalized spacial score (nSPS) is 11.7. The average molecular weight is 527 g/mol. The van der Waals surface area contributed by atoms with E-state index in [1.165, 1.54) is 0 Å². The van der Waals surface area contributed by atoms with Crippen molar-refractivity contribution in [1.82, 2.24) is 10.2 Å². The van der Waals surface area contributed by atoms with Crippen molar-refractivity contribution >= 4 is 35.0 Å². The molecule has 190 valence electrons. The van der Waals surface area contributed by atoms with Gasteiger partial charge in [-0.15, -0.1) is 0 Å². The van der Waals surface area contributed by atoms with Gasteiger partial charge in [-0.1, -0.05) is 91.6 Å². The van der Waals surface area contributed by atoms with Crippen molar-refractivity contribution in [3.05, 3.63) is 99.5 Å². The molecule has 36 heavy (non-hydrogen) atoms. The van der Waals surface area contributed by atoms with E-state index in [1.807, 2.05) is 61.5 Å². The summed E-state index contributed by atoms with van der Waals surface area (Å²) in [6.07, 6.45) is 0.353. The first-order valence-electron chi connectivity index (χ1n) is 12.1. The standard InChI is InChI=1S/C29H32Cl2N2O3/c1-4-32-29(35)26(16-21-10-6-5-7-11-21)33(18-22-14-15-23(30)17-25(22)31)28(34)19-36-27-13-9-8-12-24(27)20(2)3/h5-15,17,20,26H,4,16,18-19H2,1-3H3,(H,32,35)/t26-/m0/s1. The predicted octanol–water partition coefficient (Wildman–Crippen LogP) is 6.27. The molecule has 1 N–H and O–H groups in total. The second-order valence-electron chi connectivity index (χ2n) is 8.84. The fraction of sp³-hybridized carbons (Fsp3) is 0.310. The third-order valence-corrected chi connectivity index (χ3v) is 6.46. The van der Waals surface area contributed by atoms with E-state index >= 15 is 0 Å². The van der Waals surface area contributed by atoms with Crippen LogP contribution in [0, 0.1) is 0 Å². The SMILES string of the molecule is CCNC(=O)[C@H](Cc1ccccc1)N(Cc1ccc(Cl)cc1Cl)C(=O)COc1ccccc1C(C)C. The molecule has 0 radical (unpaired) electrons. The molecule has 7 heteroatoms. The summed E-state index contributed by atoms with van der Waals surface area (Å²) in [5.41, 5.74) is 2.65. The van der Waals surface area contributed by atoms with E-state index in [1.54, 1.807) is 23.1 Å². The third kappa shape index (κ3) is 7.49. The molecule has 0 heterocycles. The molecule has 0 aromatic heterocycles. The number of amides is 2. The van der Waals surface area contributed by atoms with Gasteiger partial charge in [0, 0.05) is 29.6 Å². The molecule has 2 amide bonds. The Balaban J connectivity index is 1.94. The van der Waals surface area contributed by atoms with Crippen LogP contribution in [0.1, 0.15) is 43.4 Å². The van der Waals surface area contributed by atoms with Gasteiger partial charge in [-0.05, 0) is 47.7 Å². The number of rotatable bonds is 11. The van der Waals surface area contributed by atoms with Crippen molar-refractivity contribution in [1.29, 1.82) is 0 Å². The fourth-order valence-electron chi connectivity index (χ4n) is 3.99. The van der Waals surface area contributed by atoms with Crippen molar-refractivity contribution in [2.45, 2.75) is 45.7 Å². The molecule has 0 fully saturated rings. The molecule has 3 aromatic carbocycles. The molecule has 0 aliphatic rings. The zero-order valence-corrected chi connectivity index (χ0v) is 22.4. The Bertz CT molecular complexity index is 1170. The largest absolute Gasteiger partial charge is 0.483 e. The van der Waals surface area contributed by atoms with E-state index in [-0.39, 0.29) is 30.9 Å². The third-order valence-electron chi connectivity index (χ3n) is 5.87. The number of para-hydroxylation sites is 1. The van der Waals surface area contributed by atoms with Gasteiger partial charge < -0.3 is 15.0 Å². The summed E-state index contributed by atoms with van der Waals surface area (Å²) in [4.78, 5) is 28.5. The van der Waals surface area contributed by atoms with Crippen molar-refractivity contribution in [2.75, 3.05) is 13.2 Å². The number of nitrogens with zero attached hydrogens (tertiary/aromatic N) is 1. The van der Waals surface area contributed by atoms with Gasteiger partial charge in [-0.2, -0.15) is 0 Å². The molecule has 0 saturated heterocycles. The van der Waals surface area contributed by atoms with Gasteiger partial charge >= 0.3 is 0 Å². The average Bonchev–Trinajstić information content (AvgIpc) is 2.86. The molecule has 3 aromatic rings. The van der Waals surface area contributed by atoms with Gasteiger partial charge in [0.05, 0.1) is 0 Å². The van der Waals surface area contributed by atoms with Crippen molar-refractivity contribution in [3.63, 3.8) is 0 Å². The van der Waals surface area contributed by atoms with Gasteiger partial charge in [0.25, 0.3) is 5.91 Å². The maximum atomic E-state index is 13.7. The highest BCUT2D eigenvalue weighted by Gasteiger charge is 2.31. The number of hydrogen-bond acceptors (Lipinski definition) is 3. The Labute approximate surface area is 223 Å². The van der Waals surface area contributed by atoms with Crippen LogP contribution in [-0.2, 0) is 22.6 Å². The lowest BCUT2D eigenvalue weighted by atomic mass is 10.0. The van der Waals surface area contributed by atoms with Gasteiger partial charge in [0.1, 0.15) is 11.8 Å². The van der Waals surface area contributed by atoms with E-state index in [9.17, 15) is 9.59 Å². The van der Waals surface area contributed by atoms with Crippen LogP contribution in [0.15, 0.2) is 72.8 Å². The Morgan fingerprint density at radius 1 is 0.972 bits per heavy atom. The Morgan fingerprint density at radius 2 is 1.67 bits per heavy atom. The summed E-state index contributed by atoms with van der Waals surface area (Å²) in [6, 6.07) is 21.7. The molecule has 0 aliphatic carbocycles. The first-order chi connectivity index (χ1) is 17.3. The smallest absolute Gasteiger partial charge is 0.261 e. The number of carbonyl (C=O) groups excluding carboxylic acids is 2. The minimum atomic E-state index is -0.754. The number of likely N-dealkylation sites (N-methyl/N-ethyl adjacent to an activating group) is 1. The van der Waals surface area contributed by atoms with Crippen LogP contribution >= 0.6 is 23.2 Å². The summed E-state index contributed by atoms with van der Waals surface area (Å²) in [7, 11) is 0. The minimum absolute atomic E-state index is 0.138. The molecule has 1 atom stereocenters. The lowest BCUT2D eigenvalue weighted by Gasteiger charge is -2.31. The number of hydrogen-bond donors (Lipinski definition) is 1. The Hall–Kier alpha value is -3.02. The summed E-state index contributed by atoms with van der Waals surface area (Å²) in [5, 5.41) is 3.81. The van der Waals surface area contributed by atoms with Gasteiger partial charge in [0.2, 0.25) is 5.91 Å². The predicted molar refractivity (Wildman–Crippen MR) is 146 cm³/mol. The maximum absolute atomic E-state index is 13.7. The van der Waals surface area contributed by atoms with E-state index in [2.05, 4.69) is 19.2 Å². The van der Waals surface area contributed by atoms with Crippen LogP contribution in [0.5, 0.6) is 5.75 Å². The Morgan fingerprint density at radius 3 is 2.33 bits per heavy atom. The van der Waals surface area contributed by atoms with Crippen LogP contribution < -0.4 is 10.1 Å². The molecule has 0 unspecified atom stereocenters. The lowest BCUT2D eigenvalue weighted by Crippen LogP contribution is -2.51. The summed E-state index contributed by atoms with van der Waals surface area (Å²) >= 11 is 12.5. The number of carbonyl (C=O) groups is 2. The minimum Gasteiger partial charge on any atom is -0.483 e. The fourth-order valence-corrected chi connectivity index (χ4v) is 4.46. The van der Waals surface area contributed by atoms with E-state index in [0.29, 0.717) is 34.3 Å². The van der Waals surface area contributed by atoms with Crippen LogP contribution in [0.4, 0.5) is 0 Å². The van der Waals surface area contributed by atoms with E-state index in [0.717, 1.165) is 11.1 Å². The second kappa shape index (κ2) is 13.3. The van der Waals surface area contributed by atoms with Gasteiger partial charge in [-0.25, -0.2) is 0 Å². The van der Waals surface area contributed by atoms with E-state index < -0.39 is 6.04 Å². The highest BCUT2D eigenvalue weighted by molar-refractivity contribution is 6.35. The van der Waals surface area contributed by atoms with E-state index in [4.69, 9.17) is 27.9 Å². The molecule has 3 rings (SSSR count). The highest BCUT2D eigenvalue weighted by atomic mass is 35.5. The van der Waals surface area contributed by atoms with Gasteiger partial charge in [0.15, 0.2) is 6.61 Å². The first kappa shape index (κ1) is 27.6. The molecular formula is C29H32Cl2N2O3. The molecular weight excluding hydrogens is 495 g/mol. The van der Waals surface area contributed by atoms with Crippen LogP contribution in [-0.4, -0.2) is 35.9 Å². The van der Waals surface area contributed by atoms with Crippen molar-refractivity contribution in [3.8, 4) is 5.75 Å². The number of benzene rings is 3. The van der Waals surface area contributed by atoms with Crippen molar-refractivity contribution in [2.24, 2.45) is 0 Å². The molecule has 0 saturated carbocycles. The highest BCUT2D eigenvalue weighted by Crippen LogP contribution is 2.27. The number of halogens is 2.